The lowest BCUT2D eigenvalue weighted by Crippen LogP contribution is -2.62. The van der Waals surface area contributed by atoms with Crippen LogP contribution >= 0.6 is 0 Å². The smallest absolute Gasteiger partial charge is 0.151 e. The van der Waals surface area contributed by atoms with Crippen molar-refractivity contribution < 1.29 is 14.9 Å². The van der Waals surface area contributed by atoms with E-state index < -0.39 is 0 Å². The average Bonchev–Trinajstić information content (AvgIpc) is 3.74. The van der Waals surface area contributed by atoms with Crippen molar-refractivity contribution in [1.29, 1.82) is 0 Å². The minimum absolute atomic E-state index is 0.0709. The number of benzene rings is 2. The quantitative estimate of drug-likeness (QED) is 0.135. The first-order chi connectivity index (χ1) is 28.8. The zero-order valence-electron chi connectivity index (χ0n) is 38.1. The molecule has 326 valence electrons. The Morgan fingerprint density at radius 1 is 0.574 bits per heavy atom. The number of phenols is 2. The van der Waals surface area contributed by atoms with Gasteiger partial charge in [-0.2, -0.15) is 0 Å². The van der Waals surface area contributed by atoms with E-state index in [1.165, 1.54) is 17.6 Å². The number of aromatic nitrogens is 4. The summed E-state index contributed by atoms with van der Waals surface area (Å²) < 4.78 is 5.38. The summed E-state index contributed by atoms with van der Waals surface area (Å²) in [7, 11) is 4.20. The second-order valence-corrected chi connectivity index (χ2v) is 20.3. The van der Waals surface area contributed by atoms with Crippen LogP contribution in [0.5, 0.6) is 11.5 Å². The SMILES string of the molecule is CN(c1ccc(-c2ccc(C3=CCCC3)cc2O)nn1)C1CC(C)(C)NC(C)(C)C1.CN(c1ccc(-c2ccc(C3=CCOCC3)cc2O)nn1)C1CC(C)(C)NC(C)(C)C1. The maximum absolute atomic E-state index is 10.6. The summed E-state index contributed by atoms with van der Waals surface area (Å²) in [6, 6.07) is 20.3. The van der Waals surface area contributed by atoms with Crippen molar-refractivity contribution in [3.63, 3.8) is 0 Å². The van der Waals surface area contributed by atoms with Crippen LogP contribution in [0, 0.1) is 0 Å². The molecule has 3 aliphatic heterocycles. The summed E-state index contributed by atoms with van der Waals surface area (Å²) in [5.74, 6) is 2.20. The van der Waals surface area contributed by atoms with Gasteiger partial charge in [-0.3, -0.25) is 0 Å². The maximum Gasteiger partial charge on any atom is 0.151 e. The van der Waals surface area contributed by atoms with E-state index in [0.717, 1.165) is 79.9 Å². The van der Waals surface area contributed by atoms with Gasteiger partial charge in [-0.15, -0.1) is 20.4 Å². The lowest BCUT2D eigenvalue weighted by Gasteiger charge is -2.49. The molecule has 11 heteroatoms. The number of rotatable bonds is 8. The van der Waals surface area contributed by atoms with E-state index in [1.807, 2.05) is 54.6 Å². The van der Waals surface area contributed by atoms with Crippen LogP contribution in [0.25, 0.3) is 33.7 Å². The number of piperidine rings is 2. The van der Waals surface area contributed by atoms with E-state index >= 15 is 0 Å². The van der Waals surface area contributed by atoms with Gasteiger partial charge in [0.15, 0.2) is 11.6 Å². The Balaban J connectivity index is 0.000000184. The van der Waals surface area contributed by atoms with Crippen molar-refractivity contribution in [3.8, 4) is 34.0 Å². The number of allylic oxidation sites excluding steroid dienone is 2. The fraction of sp³-hybridized carbons (Fsp3) is 0.520. The highest BCUT2D eigenvalue weighted by atomic mass is 16.5. The topological polar surface area (TPSA) is 132 Å². The van der Waals surface area contributed by atoms with Crippen LogP contribution in [0.15, 0.2) is 72.8 Å². The number of anilines is 2. The second kappa shape index (κ2) is 17.5. The molecule has 2 fully saturated rings. The summed E-state index contributed by atoms with van der Waals surface area (Å²) in [4.78, 5) is 4.48. The van der Waals surface area contributed by atoms with Gasteiger partial charge in [0, 0.05) is 59.5 Å². The molecule has 11 nitrogen and oxygen atoms in total. The van der Waals surface area contributed by atoms with Gasteiger partial charge in [-0.1, -0.05) is 24.3 Å². The van der Waals surface area contributed by atoms with Gasteiger partial charge in [-0.05, 0) is 178 Å². The van der Waals surface area contributed by atoms with Crippen LogP contribution in [0.3, 0.4) is 0 Å². The average molecular weight is 829 g/mol. The van der Waals surface area contributed by atoms with Crippen molar-refractivity contribution in [3.05, 3.63) is 83.9 Å². The minimum atomic E-state index is 0.0709. The van der Waals surface area contributed by atoms with Crippen molar-refractivity contribution in [1.82, 2.24) is 31.0 Å². The molecule has 0 radical (unpaired) electrons. The fourth-order valence-electron chi connectivity index (χ4n) is 10.4. The lowest BCUT2D eigenvalue weighted by molar-refractivity contribution is 0.160. The summed E-state index contributed by atoms with van der Waals surface area (Å²) in [6.07, 6.45) is 12.8. The van der Waals surface area contributed by atoms with Crippen molar-refractivity contribution in [2.75, 3.05) is 37.1 Å². The highest BCUT2D eigenvalue weighted by Gasteiger charge is 2.41. The lowest BCUT2D eigenvalue weighted by atomic mass is 9.79. The summed E-state index contributed by atoms with van der Waals surface area (Å²) in [6.45, 7) is 19.4. The highest BCUT2D eigenvalue weighted by Crippen LogP contribution is 2.38. The van der Waals surface area contributed by atoms with Crippen molar-refractivity contribution in [2.24, 2.45) is 0 Å². The molecule has 0 unspecified atom stereocenters. The Kier molecular flexibility index (Phi) is 12.7. The largest absolute Gasteiger partial charge is 0.507 e. The minimum Gasteiger partial charge on any atom is -0.507 e. The number of nitrogens with one attached hydrogen (secondary N) is 2. The first kappa shape index (κ1) is 44.2. The fourth-order valence-corrected chi connectivity index (χ4v) is 10.4. The standard InChI is InChI=1S/C25H34N4O2.C25H34N4O/c1-24(2)15-19(16-25(3,4)28-24)29(5)23-9-8-21(26-27-23)20-7-6-18(14-22(20)30)17-10-12-31-13-11-17;1-24(2)15-19(16-25(3,4)28-24)29(5)23-13-12-21(26-27-23)20-11-10-18(14-22(20)30)17-8-6-7-9-17/h6-10,14,19,28,30H,11-13,15-16H2,1-5H3;8,10-14,19,28,30H,6-7,9,15-16H2,1-5H3. The molecule has 8 rings (SSSR count). The number of ether oxygens (including phenoxy) is 1. The molecule has 0 bridgehead atoms. The van der Waals surface area contributed by atoms with Crippen LogP contribution in [0.4, 0.5) is 11.6 Å². The molecule has 2 aromatic carbocycles. The first-order valence-corrected chi connectivity index (χ1v) is 22.1. The Morgan fingerprint density at radius 3 is 1.36 bits per heavy atom. The van der Waals surface area contributed by atoms with Crippen LogP contribution in [0.1, 0.15) is 118 Å². The number of hydrogen-bond acceptors (Lipinski definition) is 11. The predicted molar refractivity (Wildman–Crippen MR) is 249 cm³/mol. The number of aromatic hydroxyl groups is 2. The van der Waals surface area contributed by atoms with Gasteiger partial charge in [0.2, 0.25) is 0 Å². The first-order valence-electron chi connectivity index (χ1n) is 22.1. The van der Waals surface area contributed by atoms with E-state index in [4.69, 9.17) is 4.74 Å². The van der Waals surface area contributed by atoms with E-state index in [1.54, 1.807) is 0 Å². The van der Waals surface area contributed by atoms with Crippen molar-refractivity contribution in [2.45, 2.75) is 141 Å². The number of hydrogen-bond donors (Lipinski definition) is 4. The van der Waals surface area contributed by atoms with Crippen molar-refractivity contribution >= 4 is 22.8 Å². The second-order valence-electron chi connectivity index (χ2n) is 20.3. The van der Waals surface area contributed by atoms with Gasteiger partial charge in [0.05, 0.1) is 24.6 Å². The maximum atomic E-state index is 10.6. The third-order valence-electron chi connectivity index (χ3n) is 12.7. The predicted octanol–water partition coefficient (Wildman–Crippen LogP) is 9.56. The molecule has 0 atom stereocenters. The van der Waals surface area contributed by atoms with Gasteiger partial charge in [0.1, 0.15) is 11.5 Å². The molecule has 5 heterocycles. The third kappa shape index (κ3) is 10.8. The highest BCUT2D eigenvalue weighted by molar-refractivity contribution is 5.75. The zero-order valence-corrected chi connectivity index (χ0v) is 38.1. The Hall–Kier alpha value is -4.84. The molecule has 4 N–H and O–H groups in total. The molecule has 1 aliphatic carbocycles. The molecule has 4 aromatic rings. The Morgan fingerprint density at radius 2 is 1.02 bits per heavy atom. The van der Waals surface area contributed by atoms with E-state index in [0.29, 0.717) is 35.6 Å². The Labute approximate surface area is 363 Å². The van der Waals surface area contributed by atoms with E-state index in [-0.39, 0.29) is 33.7 Å². The van der Waals surface area contributed by atoms with Gasteiger partial charge < -0.3 is 35.4 Å². The molecule has 61 heavy (non-hydrogen) atoms. The number of phenolic OH excluding ortho intramolecular Hbond substituents is 2. The monoisotopic (exact) mass is 829 g/mol. The normalized spacial score (nSPS) is 20.8. The molecule has 0 saturated carbocycles. The molecular weight excluding hydrogens is 761 g/mol. The molecular formula is C50H68N8O3. The third-order valence-corrected chi connectivity index (χ3v) is 12.7. The van der Waals surface area contributed by atoms with Crippen LogP contribution < -0.4 is 20.4 Å². The molecule has 2 aromatic heterocycles. The van der Waals surface area contributed by atoms with Crippen LogP contribution in [-0.4, -0.2) is 92.2 Å². The van der Waals surface area contributed by atoms with Crippen LogP contribution in [-0.2, 0) is 4.74 Å². The van der Waals surface area contributed by atoms with Gasteiger partial charge >= 0.3 is 0 Å². The number of nitrogens with zero attached hydrogens (tertiary/aromatic N) is 6. The van der Waals surface area contributed by atoms with Gasteiger partial charge in [0.25, 0.3) is 0 Å². The molecule has 0 spiro atoms. The zero-order chi connectivity index (χ0) is 43.7. The Bertz CT molecular complexity index is 2200. The summed E-state index contributed by atoms with van der Waals surface area (Å²) in [5, 5.41) is 46.6. The summed E-state index contributed by atoms with van der Waals surface area (Å²) in [5.41, 5.74) is 7.77. The van der Waals surface area contributed by atoms with E-state index in [9.17, 15) is 10.2 Å². The van der Waals surface area contributed by atoms with Gasteiger partial charge in [-0.25, -0.2) is 0 Å². The molecule has 4 aliphatic rings. The molecule has 2 saturated heterocycles. The van der Waals surface area contributed by atoms with Crippen LogP contribution in [0.2, 0.25) is 0 Å². The summed E-state index contributed by atoms with van der Waals surface area (Å²) >= 11 is 0. The molecule has 0 amide bonds. The van der Waals surface area contributed by atoms with E-state index in [2.05, 4.69) is 129 Å².